The summed E-state index contributed by atoms with van der Waals surface area (Å²) in [6.07, 6.45) is 32.8. The minimum atomic E-state index is -2.19. The van der Waals surface area contributed by atoms with Crippen molar-refractivity contribution < 1.29 is 9.47 Å². The molecule has 53 heavy (non-hydrogen) atoms. The molecule has 3 aromatic carbocycles. The topological polar surface area (TPSA) is 18.5 Å². The molecule has 0 bridgehead atoms. The van der Waals surface area contributed by atoms with Gasteiger partial charge in [-0.2, -0.15) is 0 Å². The summed E-state index contributed by atoms with van der Waals surface area (Å²) in [5.74, 6) is 0. The van der Waals surface area contributed by atoms with E-state index in [1.54, 1.807) is 0 Å². The summed E-state index contributed by atoms with van der Waals surface area (Å²) < 4.78 is 12.6. The Morgan fingerprint density at radius 2 is 0.792 bits per heavy atom. The van der Waals surface area contributed by atoms with Crippen LogP contribution in [0.15, 0.2) is 84.9 Å². The van der Waals surface area contributed by atoms with Gasteiger partial charge in [0.1, 0.15) is 0 Å². The molecule has 0 atom stereocenters. The van der Waals surface area contributed by atoms with Crippen LogP contribution in [0.2, 0.25) is 0 Å². The van der Waals surface area contributed by atoms with Crippen LogP contribution in [0, 0.1) is 20.8 Å². The van der Waals surface area contributed by atoms with Crippen molar-refractivity contribution in [1.29, 1.82) is 0 Å². The maximum absolute atomic E-state index is 6.31. The molecule has 0 saturated heterocycles. The number of rotatable bonds is 31. The van der Waals surface area contributed by atoms with Crippen LogP contribution in [0.3, 0.4) is 0 Å². The van der Waals surface area contributed by atoms with E-state index in [4.69, 9.17) is 9.47 Å². The Balaban J connectivity index is 1.46. The summed E-state index contributed by atoms with van der Waals surface area (Å²) in [7, 11) is -2.19. The first kappa shape index (κ1) is 45.1. The Bertz CT molecular complexity index is 1200. The third-order valence-corrected chi connectivity index (χ3v) is 16.2. The van der Waals surface area contributed by atoms with E-state index in [1.807, 2.05) is 0 Å². The summed E-state index contributed by atoms with van der Waals surface area (Å²) in [6.45, 7) is 12.9. The number of hydrogen-bond donors (Lipinski definition) is 0. The normalized spacial score (nSPS) is 12.3. The fourth-order valence-corrected chi connectivity index (χ4v) is 12.5. The van der Waals surface area contributed by atoms with Crippen LogP contribution >= 0.6 is 7.26 Å². The van der Waals surface area contributed by atoms with E-state index in [9.17, 15) is 0 Å². The molecule has 0 aromatic heterocycles. The average molecular weight is 743 g/mol. The smallest absolute Gasteiger partial charge is 0.0654 e. The van der Waals surface area contributed by atoms with Gasteiger partial charge in [-0.25, -0.2) is 0 Å². The van der Waals surface area contributed by atoms with Crippen molar-refractivity contribution in [3.05, 3.63) is 102 Å². The van der Waals surface area contributed by atoms with E-state index in [2.05, 4.69) is 120 Å². The first-order valence-electron chi connectivity index (χ1n) is 22.1. The third-order valence-electron chi connectivity index (χ3n) is 11.1. The van der Waals surface area contributed by atoms with Crippen molar-refractivity contribution in [2.24, 2.45) is 0 Å². The van der Waals surface area contributed by atoms with Gasteiger partial charge >= 0.3 is 212 Å². The predicted octanol–water partition coefficient (Wildman–Crippen LogP) is 13.8. The van der Waals surface area contributed by atoms with Crippen LogP contribution in [0.1, 0.15) is 165 Å². The van der Waals surface area contributed by atoms with E-state index in [0.29, 0.717) is 0 Å². The zero-order valence-electron chi connectivity index (χ0n) is 34.9. The molecule has 0 radical (unpaired) electrons. The quantitative estimate of drug-likeness (QED) is 0.0283. The molecular formula is C50H79O2P. The SMILES string of the molecule is CCCCCCCCCOC(CCCCC/C=C/CCC[PH](c1ccc(C)cc1)(c1ccc(C)cc1)c1ccc(C)cc1)OCCCCCCCCC. The van der Waals surface area contributed by atoms with E-state index >= 15 is 0 Å². The molecule has 0 aliphatic rings. The van der Waals surface area contributed by atoms with Gasteiger partial charge in [-0.3, -0.25) is 0 Å². The Morgan fingerprint density at radius 3 is 1.21 bits per heavy atom. The molecule has 0 saturated carbocycles. The van der Waals surface area contributed by atoms with Gasteiger partial charge in [0.25, 0.3) is 0 Å². The fraction of sp³-hybridized carbons (Fsp3) is 0.600. The fourth-order valence-electron chi connectivity index (χ4n) is 7.68. The molecule has 0 spiro atoms. The van der Waals surface area contributed by atoms with E-state index in [1.165, 1.54) is 161 Å². The number of unbranched alkanes of at least 4 members (excludes halogenated alkanes) is 16. The number of ether oxygens (including phenoxy) is 2. The molecule has 3 aromatic rings. The molecule has 0 unspecified atom stereocenters. The second kappa shape index (κ2) is 28.2. The number of allylic oxidation sites excluding steroid dienone is 2. The maximum atomic E-state index is 6.31. The molecule has 0 fully saturated rings. The van der Waals surface area contributed by atoms with Crippen molar-refractivity contribution in [2.45, 2.75) is 176 Å². The molecule has 3 rings (SSSR count). The zero-order valence-corrected chi connectivity index (χ0v) is 35.9. The number of hydrogen-bond acceptors (Lipinski definition) is 2. The average Bonchev–Trinajstić information content (AvgIpc) is 3.17. The van der Waals surface area contributed by atoms with Gasteiger partial charge in [0.05, 0.1) is 0 Å². The molecule has 3 heteroatoms. The van der Waals surface area contributed by atoms with Crippen LogP contribution < -0.4 is 15.9 Å². The Morgan fingerprint density at radius 1 is 0.434 bits per heavy atom. The molecule has 0 aliphatic carbocycles. The van der Waals surface area contributed by atoms with Gasteiger partial charge < -0.3 is 0 Å². The molecule has 296 valence electrons. The molecular weight excluding hydrogens is 664 g/mol. The minimum Gasteiger partial charge on any atom is -0.0654 e. The first-order valence-corrected chi connectivity index (χ1v) is 24.3. The molecule has 0 aliphatic heterocycles. The summed E-state index contributed by atoms with van der Waals surface area (Å²) >= 11 is 0. The first-order chi connectivity index (χ1) is 26.0. The van der Waals surface area contributed by atoms with Gasteiger partial charge in [0, 0.05) is 13.2 Å². The van der Waals surface area contributed by atoms with Gasteiger partial charge in [-0.15, -0.1) is 0 Å². The summed E-state index contributed by atoms with van der Waals surface area (Å²) in [5, 5.41) is 4.57. The number of aryl methyl sites for hydroxylation is 3. The van der Waals surface area contributed by atoms with Crippen LogP contribution in [-0.4, -0.2) is 25.7 Å². The third kappa shape index (κ3) is 17.8. The second-order valence-electron chi connectivity index (χ2n) is 15.9. The van der Waals surface area contributed by atoms with Crippen molar-refractivity contribution in [3.8, 4) is 0 Å². The standard InChI is InChI=1S/C50H79O2P/c1-6-8-10-12-17-21-25-41-51-50(52-42-26-22-18-13-11-9-7-2)28-24-20-16-14-15-19-23-27-43-53(47-35-29-44(3)30-36-47,48-37-31-45(4)32-38-48)49-39-33-46(5)34-40-49/h15,19,29-40,50,53H,6-14,16-18,20-28,41-43H2,1-5H3/b19-15+. The van der Waals surface area contributed by atoms with E-state index in [0.717, 1.165) is 26.1 Å². The monoisotopic (exact) mass is 743 g/mol. The van der Waals surface area contributed by atoms with Crippen LogP contribution in [0.4, 0.5) is 0 Å². The Labute approximate surface area is 328 Å². The second-order valence-corrected chi connectivity index (χ2v) is 20.0. The Kier molecular flexibility index (Phi) is 24.0. The zero-order chi connectivity index (χ0) is 37.8. The number of benzene rings is 3. The van der Waals surface area contributed by atoms with E-state index < -0.39 is 7.26 Å². The summed E-state index contributed by atoms with van der Waals surface area (Å²) in [4.78, 5) is 0. The van der Waals surface area contributed by atoms with Gasteiger partial charge in [0.15, 0.2) is 0 Å². The van der Waals surface area contributed by atoms with Crippen LogP contribution in [0.5, 0.6) is 0 Å². The van der Waals surface area contributed by atoms with Gasteiger partial charge in [-0.1, -0.05) is 90.9 Å². The van der Waals surface area contributed by atoms with E-state index in [-0.39, 0.29) is 6.29 Å². The van der Waals surface area contributed by atoms with Gasteiger partial charge in [-0.05, 0) is 12.8 Å². The van der Waals surface area contributed by atoms with Crippen molar-refractivity contribution in [3.63, 3.8) is 0 Å². The predicted molar refractivity (Wildman–Crippen MR) is 239 cm³/mol. The summed E-state index contributed by atoms with van der Waals surface area (Å²) in [5.41, 5.74) is 3.99. The summed E-state index contributed by atoms with van der Waals surface area (Å²) in [6, 6.07) is 28.4. The van der Waals surface area contributed by atoms with Crippen molar-refractivity contribution >= 4 is 23.2 Å². The molecule has 2 nitrogen and oxygen atoms in total. The van der Waals surface area contributed by atoms with Gasteiger partial charge in [0.2, 0.25) is 0 Å². The van der Waals surface area contributed by atoms with Crippen molar-refractivity contribution in [1.82, 2.24) is 0 Å². The minimum absolute atomic E-state index is 0.0225. The van der Waals surface area contributed by atoms with Crippen LogP contribution in [-0.2, 0) is 9.47 Å². The Hall–Kier alpha value is -2.25. The van der Waals surface area contributed by atoms with Crippen LogP contribution in [0.25, 0.3) is 0 Å². The van der Waals surface area contributed by atoms with Crippen molar-refractivity contribution in [2.75, 3.05) is 19.4 Å². The molecule has 0 N–H and O–H groups in total. The molecule has 0 heterocycles. The molecule has 0 amide bonds.